The fraction of sp³-hybridized carbons (Fsp3) is 0.625. The van der Waals surface area contributed by atoms with Crippen LogP contribution in [0.2, 0.25) is 0 Å². The number of nitrogens with zero attached hydrogens (tertiary/aromatic N) is 9. The zero-order chi connectivity index (χ0) is 15.3. The third-order valence-electron chi connectivity index (χ3n) is 2.68. The minimum Gasteiger partial charge on any atom is -0.354 e. The number of likely N-dealkylation sites (N-methyl/N-ethyl adjacent to an activating group) is 2. The van der Waals surface area contributed by atoms with Crippen LogP contribution in [0.3, 0.4) is 0 Å². The van der Waals surface area contributed by atoms with Crippen LogP contribution in [0.25, 0.3) is 20.9 Å². The molecule has 0 bridgehead atoms. The van der Waals surface area contributed by atoms with Gasteiger partial charge in [-0.05, 0) is 11.1 Å². The summed E-state index contributed by atoms with van der Waals surface area (Å²) in [6.07, 6.45) is -1.82. The van der Waals surface area contributed by atoms with E-state index in [1.54, 1.807) is 14.1 Å². The number of hydrogen-bond acceptors (Lipinski definition) is 7. The Bertz CT molecular complexity index is 528. The largest absolute Gasteiger partial charge is 0.354 e. The van der Waals surface area contributed by atoms with Gasteiger partial charge in [0.1, 0.15) is 0 Å². The van der Waals surface area contributed by atoms with Crippen LogP contribution < -0.4 is 0 Å². The second-order valence-electron chi connectivity index (χ2n) is 3.92. The molecule has 0 radical (unpaired) electrons. The van der Waals surface area contributed by atoms with Gasteiger partial charge in [0.25, 0.3) is 5.78 Å². The van der Waals surface area contributed by atoms with Crippen molar-refractivity contribution >= 4 is 5.78 Å². The van der Waals surface area contributed by atoms with Gasteiger partial charge in [-0.15, -0.1) is 0 Å². The van der Waals surface area contributed by atoms with Gasteiger partial charge in [0.2, 0.25) is 0 Å². The Morgan fingerprint density at radius 1 is 1.30 bits per heavy atom. The van der Waals surface area contributed by atoms with Crippen LogP contribution in [0.1, 0.15) is 0 Å². The van der Waals surface area contributed by atoms with Gasteiger partial charge < -0.3 is 9.80 Å². The number of rotatable bonds is 5. The van der Waals surface area contributed by atoms with Crippen LogP contribution in [0.5, 0.6) is 0 Å². The average Bonchev–Trinajstić information content (AvgIpc) is 2.70. The lowest BCUT2D eigenvalue weighted by Gasteiger charge is -2.17. The lowest BCUT2D eigenvalue weighted by Crippen LogP contribution is -2.30. The van der Waals surface area contributed by atoms with Crippen molar-refractivity contribution in [3.05, 3.63) is 42.5 Å². The summed E-state index contributed by atoms with van der Waals surface area (Å²) in [7, 11) is 3.18. The van der Waals surface area contributed by atoms with Crippen molar-refractivity contribution in [2.45, 2.75) is 6.17 Å². The molecule has 1 fully saturated rings. The first-order valence-electron chi connectivity index (χ1n) is 5.37. The van der Waals surface area contributed by atoms with Crippen LogP contribution in [-0.2, 0) is 4.79 Å². The molecule has 1 heterocycles. The van der Waals surface area contributed by atoms with E-state index in [2.05, 4.69) is 20.1 Å². The minimum absolute atomic E-state index is 0.0891. The molecule has 0 aliphatic carbocycles. The van der Waals surface area contributed by atoms with E-state index in [0.29, 0.717) is 13.1 Å². The summed E-state index contributed by atoms with van der Waals surface area (Å²) in [5.74, 6) is -1.06. The molecule has 12 nitrogen and oxygen atoms in total. The molecule has 0 unspecified atom stereocenters. The van der Waals surface area contributed by atoms with E-state index in [-0.39, 0.29) is 5.82 Å². The molecule has 1 aliphatic rings. The van der Waals surface area contributed by atoms with Crippen LogP contribution in [-0.4, -0.2) is 53.9 Å². The predicted molar refractivity (Wildman–Crippen MR) is 66.4 cm³/mol. The van der Waals surface area contributed by atoms with Gasteiger partial charge in [-0.25, -0.2) is 0 Å². The predicted octanol–water partition coefficient (Wildman–Crippen LogP) is 0.825. The molecule has 0 atom stereocenters. The number of nitro groups is 1. The highest BCUT2D eigenvalue weighted by molar-refractivity contribution is 5.97. The molecule has 1 saturated heterocycles. The van der Waals surface area contributed by atoms with Gasteiger partial charge in [-0.3, -0.25) is 14.9 Å². The first kappa shape index (κ1) is 15.1. The monoisotopic (exact) mass is 281 g/mol. The highest BCUT2D eigenvalue weighted by Crippen LogP contribution is 2.21. The summed E-state index contributed by atoms with van der Waals surface area (Å²) >= 11 is 0. The third-order valence-corrected chi connectivity index (χ3v) is 2.68. The van der Waals surface area contributed by atoms with E-state index in [0.717, 1.165) is 0 Å². The summed E-state index contributed by atoms with van der Waals surface area (Å²) in [5, 5.41) is 17.1. The number of hydrogen-bond donors (Lipinski definition) is 0. The van der Waals surface area contributed by atoms with Crippen LogP contribution >= 0.6 is 0 Å². The number of ketones is 1. The Labute approximate surface area is 112 Å². The van der Waals surface area contributed by atoms with Crippen LogP contribution in [0, 0.1) is 10.1 Å². The quantitative estimate of drug-likeness (QED) is 0.181. The van der Waals surface area contributed by atoms with E-state index in [4.69, 9.17) is 11.1 Å². The van der Waals surface area contributed by atoms with Crippen molar-refractivity contribution in [2.24, 2.45) is 10.2 Å². The highest BCUT2D eigenvalue weighted by Gasteiger charge is 2.38. The average molecular weight is 281 g/mol. The molecular formula is C8H11N9O3. The molecule has 0 aromatic rings. The van der Waals surface area contributed by atoms with Crippen molar-refractivity contribution in [1.29, 1.82) is 0 Å². The third kappa shape index (κ3) is 2.88. The molecule has 1 rings (SSSR count). The Balaban J connectivity index is 3.37. The normalized spacial score (nSPS) is 15.2. The Kier molecular flexibility index (Phi) is 4.73. The fourth-order valence-electron chi connectivity index (χ4n) is 1.79. The fourth-order valence-corrected chi connectivity index (χ4v) is 1.79. The SMILES string of the molecule is CN1CCN(C)C1=C(C(=O)C(N=[N+]=[N-])N=[N+]=[N-])[N+](=O)[O-]. The van der Waals surface area contributed by atoms with Crippen molar-refractivity contribution in [3.8, 4) is 0 Å². The number of carbonyl (C=O) groups is 1. The van der Waals surface area contributed by atoms with Crippen LogP contribution in [0.4, 0.5) is 0 Å². The molecule has 0 aromatic heterocycles. The molecule has 0 saturated carbocycles. The zero-order valence-corrected chi connectivity index (χ0v) is 10.7. The topological polar surface area (TPSA) is 164 Å². The molecule has 0 spiro atoms. The summed E-state index contributed by atoms with van der Waals surface area (Å²) in [6, 6.07) is 0. The summed E-state index contributed by atoms with van der Waals surface area (Å²) < 4.78 is 0. The number of azide groups is 1. The highest BCUT2D eigenvalue weighted by atomic mass is 16.6. The van der Waals surface area contributed by atoms with E-state index in [1.807, 2.05) is 0 Å². The first-order valence-corrected chi connectivity index (χ1v) is 5.37. The lowest BCUT2D eigenvalue weighted by atomic mass is 10.2. The smallest absolute Gasteiger partial charge is 0.352 e. The van der Waals surface area contributed by atoms with Crippen LogP contribution in [0.15, 0.2) is 21.7 Å². The standard InChI is InChI=1S/C8H11N9O3/c1-15-3-4-16(2)8(15)5(17(19)20)6(18)7(11-13-9)12-14-10/h7H,3-4H2,1-2H3. The molecule has 0 amide bonds. The Hall–Kier alpha value is -2.97. The van der Waals surface area contributed by atoms with Crippen molar-refractivity contribution in [1.82, 2.24) is 9.80 Å². The summed E-state index contributed by atoms with van der Waals surface area (Å²) in [4.78, 5) is 30.1. The molecular weight excluding hydrogens is 270 g/mol. The Morgan fingerprint density at radius 2 is 1.75 bits per heavy atom. The van der Waals surface area contributed by atoms with E-state index in [9.17, 15) is 14.9 Å². The van der Waals surface area contributed by atoms with Gasteiger partial charge in [0, 0.05) is 37.0 Å². The van der Waals surface area contributed by atoms with Gasteiger partial charge in [-0.1, -0.05) is 10.2 Å². The van der Waals surface area contributed by atoms with Gasteiger partial charge in [0.15, 0.2) is 12.0 Å². The van der Waals surface area contributed by atoms with E-state index >= 15 is 0 Å². The van der Waals surface area contributed by atoms with Gasteiger partial charge >= 0.3 is 5.70 Å². The lowest BCUT2D eigenvalue weighted by molar-refractivity contribution is -0.421. The molecule has 0 N–H and O–H groups in total. The first-order chi connectivity index (χ1) is 9.43. The Morgan fingerprint density at radius 3 is 2.10 bits per heavy atom. The summed E-state index contributed by atoms with van der Waals surface area (Å²) in [5.41, 5.74) is 15.9. The van der Waals surface area contributed by atoms with E-state index in [1.165, 1.54) is 9.80 Å². The molecule has 12 heteroatoms. The number of Topliss-reactive ketones (excluding diaryl/α,β-unsaturated/α-hetero) is 1. The van der Waals surface area contributed by atoms with Crippen molar-refractivity contribution in [3.63, 3.8) is 0 Å². The van der Waals surface area contributed by atoms with Gasteiger partial charge in [0.05, 0.1) is 4.92 Å². The molecule has 1 aliphatic heterocycles. The minimum atomic E-state index is -1.82. The maximum absolute atomic E-state index is 12.1. The maximum atomic E-state index is 12.1. The zero-order valence-electron chi connectivity index (χ0n) is 10.7. The van der Waals surface area contributed by atoms with Crippen molar-refractivity contribution < 1.29 is 9.72 Å². The second-order valence-corrected chi connectivity index (χ2v) is 3.92. The summed E-state index contributed by atoms with van der Waals surface area (Å²) in [6.45, 7) is 1.01. The second kappa shape index (κ2) is 6.27. The molecule has 106 valence electrons. The van der Waals surface area contributed by atoms with Gasteiger partial charge in [-0.2, -0.15) is 0 Å². The molecule has 20 heavy (non-hydrogen) atoms. The van der Waals surface area contributed by atoms with E-state index < -0.39 is 22.6 Å². The maximum Gasteiger partial charge on any atom is 0.352 e. The van der Waals surface area contributed by atoms with Crippen molar-refractivity contribution in [2.75, 3.05) is 27.2 Å². The molecule has 0 aromatic carbocycles. The number of carbonyl (C=O) groups excluding carboxylic acids is 1.